The van der Waals surface area contributed by atoms with E-state index in [-0.39, 0.29) is 35.0 Å². The maximum Gasteiger partial charge on any atom is 0.312 e. The first-order valence-corrected chi connectivity index (χ1v) is 5.64. The van der Waals surface area contributed by atoms with Crippen molar-refractivity contribution in [2.24, 2.45) is 0 Å². The quantitative estimate of drug-likeness (QED) is 0.658. The Morgan fingerprint density at radius 3 is 2.78 bits per heavy atom. The van der Waals surface area contributed by atoms with E-state index in [1.807, 2.05) is 13.8 Å². The van der Waals surface area contributed by atoms with Crippen LogP contribution in [0, 0.1) is 10.1 Å². The van der Waals surface area contributed by atoms with E-state index >= 15 is 0 Å². The van der Waals surface area contributed by atoms with E-state index in [1.165, 1.54) is 18.2 Å². The molecule has 0 heterocycles. The lowest BCUT2D eigenvalue weighted by Crippen LogP contribution is -2.34. The molecule has 98 valence electrons. The van der Waals surface area contributed by atoms with Gasteiger partial charge < -0.3 is 10.1 Å². The summed E-state index contributed by atoms with van der Waals surface area (Å²) < 4.78 is 5.10. The van der Waals surface area contributed by atoms with Gasteiger partial charge in [-0.3, -0.25) is 14.9 Å². The summed E-state index contributed by atoms with van der Waals surface area (Å²) in [6.45, 7) is 3.34. The number of ether oxygens (including phenoxy) is 1. The predicted octanol–water partition coefficient (Wildman–Crippen LogP) is 2.15. The number of nitrogens with one attached hydrogen (secondary N) is 1. The first-order chi connectivity index (χ1) is 8.40. The van der Waals surface area contributed by atoms with Gasteiger partial charge in [-0.2, -0.15) is 0 Å². The molecule has 0 aliphatic carbocycles. The van der Waals surface area contributed by atoms with Gasteiger partial charge >= 0.3 is 5.69 Å². The molecule has 1 aromatic rings. The molecule has 0 aliphatic rings. The summed E-state index contributed by atoms with van der Waals surface area (Å²) in [7, 11) is 0. The fourth-order valence-electron chi connectivity index (χ4n) is 1.26. The minimum atomic E-state index is -0.610. The number of hydrogen-bond donors (Lipinski definition) is 1. The van der Waals surface area contributed by atoms with Crippen molar-refractivity contribution in [3.05, 3.63) is 33.3 Å². The molecule has 0 bridgehead atoms. The Morgan fingerprint density at radius 1 is 1.56 bits per heavy atom. The van der Waals surface area contributed by atoms with Gasteiger partial charge in [0.1, 0.15) is 0 Å². The van der Waals surface area contributed by atoms with Crippen molar-refractivity contribution in [2.45, 2.75) is 19.9 Å². The molecule has 7 heteroatoms. The second-order valence-corrected chi connectivity index (χ2v) is 4.32. The lowest BCUT2D eigenvalue weighted by atomic mass is 10.3. The van der Waals surface area contributed by atoms with Gasteiger partial charge in [-0.05, 0) is 26.0 Å². The Balaban J connectivity index is 2.73. The first kappa shape index (κ1) is 14.2. The third kappa shape index (κ3) is 4.21. The van der Waals surface area contributed by atoms with Crippen molar-refractivity contribution in [3.63, 3.8) is 0 Å². The molecule has 18 heavy (non-hydrogen) atoms. The number of hydrogen-bond acceptors (Lipinski definition) is 4. The molecule has 0 aromatic heterocycles. The maximum absolute atomic E-state index is 11.3. The molecular formula is C11H13ClN2O4. The van der Waals surface area contributed by atoms with Gasteiger partial charge in [-0.1, -0.05) is 11.6 Å². The van der Waals surface area contributed by atoms with E-state index in [0.29, 0.717) is 0 Å². The predicted molar refractivity (Wildman–Crippen MR) is 66.9 cm³/mol. The highest BCUT2D eigenvalue weighted by Gasteiger charge is 2.16. The van der Waals surface area contributed by atoms with Crippen molar-refractivity contribution in [2.75, 3.05) is 6.61 Å². The number of carbonyl (C=O) groups excluding carboxylic acids is 1. The molecule has 0 radical (unpaired) electrons. The zero-order chi connectivity index (χ0) is 13.7. The van der Waals surface area contributed by atoms with Crippen LogP contribution in [-0.2, 0) is 4.79 Å². The molecule has 0 spiro atoms. The molecule has 0 saturated heterocycles. The first-order valence-electron chi connectivity index (χ1n) is 5.26. The number of carbonyl (C=O) groups is 1. The maximum atomic E-state index is 11.3. The molecule has 1 aromatic carbocycles. The van der Waals surface area contributed by atoms with Gasteiger partial charge in [0.2, 0.25) is 0 Å². The van der Waals surface area contributed by atoms with Crippen LogP contribution in [0.15, 0.2) is 18.2 Å². The smallest absolute Gasteiger partial charge is 0.312 e. The number of rotatable bonds is 5. The van der Waals surface area contributed by atoms with Crippen LogP contribution in [0.5, 0.6) is 5.75 Å². The minimum Gasteiger partial charge on any atom is -0.477 e. The van der Waals surface area contributed by atoms with Gasteiger partial charge in [0.05, 0.1) is 4.92 Å². The standard InChI is InChI=1S/C11H13ClN2O4/c1-7(2)13-11(15)6-18-10-4-3-8(12)5-9(10)14(16)17/h3-5,7H,6H2,1-2H3,(H,13,15). The van der Waals surface area contributed by atoms with Crippen LogP contribution in [0.25, 0.3) is 0 Å². The number of nitro benzene ring substituents is 1. The number of amides is 1. The molecule has 0 aliphatic heterocycles. The number of benzene rings is 1. The number of nitro groups is 1. The Kier molecular flexibility index (Phi) is 4.91. The second kappa shape index (κ2) is 6.20. The average molecular weight is 273 g/mol. The summed E-state index contributed by atoms with van der Waals surface area (Å²) >= 11 is 5.65. The van der Waals surface area contributed by atoms with E-state index in [4.69, 9.17) is 16.3 Å². The molecule has 0 fully saturated rings. The van der Waals surface area contributed by atoms with Gasteiger partial charge in [-0.25, -0.2) is 0 Å². The van der Waals surface area contributed by atoms with Crippen molar-refractivity contribution in [3.8, 4) is 5.75 Å². The lowest BCUT2D eigenvalue weighted by Gasteiger charge is -2.09. The topological polar surface area (TPSA) is 81.5 Å². The molecule has 1 rings (SSSR count). The van der Waals surface area contributed by atoms with Gasteiger partial charge in [0, 0.05) is 17.1 Å². The third-order valence-corrected chi connectivity index (χ3v) is 2.16. The SMILES string of the molecule is CC(C)NC(=O)COc1ccc(Cl)cc1[N+](=O)[O-]. The van der Waals surface area contributed by atoms with Crippen LogP contribution in [0.4, 0.5) is 5.69 Å². The molecule has 0 atom stereocenters. The van der Waals surface area contributed by atoms with E-state index in [9.17, 15) is 14.9 Å². The van der Waals surface area contributed by atoms with Crippen LogP contribution in [0.2, 0.25) is 5.02 Å². The van der Waals surface area contributed by atoms with Crippen LogP contribution in [-0.4, -0.2) is 23.5 Å². The van der Waals surface area contributed by atoms with Crippen LogP contribution >= 0.6 is 11.6 Å². The Labute approximate surface area is 109 Å². The van der Waals surface area contributed by atoms with Crippen molar-refractivity contribution in [1.29, 1.82) is 0 Å². The Hall–Kier alpha value is -1.82. The summed E-state index contributed by atoms with van der Waals surface area (Å²) in [6, 6.07) is 3.99. The largest absolute Gasteiger partial charge is 0.477 e. The van der Waals surface area contributed by atoms with E-state index in [0.717, 1.165) is 0 Å². The summed E-state index contributed by atoms with van der Waals surface area (Å²) in [5.74, 6) is -0.322. The normalized spacial score (nSPS) is 10.2. The molecule has 1 amide bonds. The van der Waals surface area contributed by atoms with E-state index in [2.05, 4.69) is 5.32 Å². The van der Waals surface area contributed by atoms with Gasteiger partial charge in [0.15, 0.2) is 12.4 Å². The minimum absolute atomic E-state index is 0.0127. The lowest BCUT2D eigenvalue weighted by molar-refractivity contribution is -0.385. The number of halogens is 1. The third-order valence-electron chi connectivity index (χ3n) is 1.93. The van der Waals surface area contributed by atoms with Crippen molar-refractivity contribution >= 4 is 23.2 Å². The Bertz CT molecular complexity index is 462. The monoisotopic (exact) mass is 272 g/mol. The molecular weight excluding hydrogens is 260 g/mol. The highest BCUT2D eigenvalue weighted by atomic mass is 35.5. The summed E-state index contributed by atoms with van der Waals surface area (Å²) in [4.78, 5) is 21.5. The fraction of sp³-hybridized carbons (Fsp3) is 0.364. The van der Waals surface area contributed by atoms with Crippen LogP contribution < -0.4 is 10.1 Å². The second-order valence-electron chi connectivity index (χ2n) is 3.88. The van der Waals surface area contributed by atoms with Gasteiger partial charge in [0.25, 0.3) is 5.91 Å². The molecule has 0 unspecified atom stereocenters. The highest BCUT2D eigenvalue weighted by Crippen LogP contribution is 2.29. The molecule has 6 nitrogen and oxygen atoms in total. The fourth-order valence-corrected chi connectivity index (χ4v) is 1.43. The summed E-state index contributed by atoms with van der Waals surface area (Å²) in [5.41, 5.74) is -0.264. The number of nitrogens with zero attached hydrogens (tertiary/aromatic N) is 1. The van der Waals surface area contributed by atoms with Crippen molar-refractivity contribution < 1.29 is 14.5 Å². The van der Waals surface area contributed by atoms with Crippen LogP contribution in [0.1, 0.15) is 13.8 Å². The van der Waals surface area contributed by atoms with E-state index < -0.39 is 4.92 Å². The molecule has 0 saturated carbocycles. The zero-order valence-electron chi connectivity index (χ0n) is 9.97. The van der Waals surface area contributed by atoms with E-state index in [1.54, 1.807) is 0 Å². The summed E-state index contributed by atoms with van der Waals surface area (Å²) in [6.07, 6.45) is 0. The highest BCUT2D eigenvalue weighted by molar-refractivity contribution is 6.30. The van der Waals surface area contributed by atoms with Crippen LogP contribution in [0.3, 0.4) is 0 Å². The van der Waals surface area contributed by atoms with Gasteiger partial charge in [-0.15, -0.1) is 0 Å². The zero-order valence-corrected chi connectivity index (χ0v) is 10.7. The average Bonchev–Trinajstić information content (AvgIpc) is 2.26. The summed E-state index contributed by atoms with van der Waals surface area (Å²) in [5, 5.41) is 13.6. The van der Waals surface area contributed by atoms with Crippen molar-refractivity contribution in [1.82, 2.24) is 5.32 Å². The molecule has 1 N–H and O–H groups in total. The Morgan fingerprint density at radius 2 is 2.22 bits per heavy atom.